The molecular formula is C18H25NS. The summed E-state index contributed by atoms with van der Waals surface area (Å²) in [6, 6.07) is 9.38. The molecule has 108 valence electrons. The molecule has 1 N–H and O–H groups in total. The Bertz CT molecular complexity index is 539. The zero-order chi connectivity index (χ0) is 13.8. The van der Waals surface area contributed by atoms with Crippen molar-refractivity contribution < 1.29 is 0 Å². The molecule has 0 bridgehead atoms. The second-order valence-corrected chi connectivity index (χ2v) is 6.95. The van der Waals surface area contributed by atoms with E-state index in [1.807, 2.05) is 11.3 Å². The highest BCUT2D eigenvalue weighted by molar-refractivity contribution is 7.17. The van der Waals surface area contributed by atoms with Crippen molar-refractivity contribution in [3.05, 3.63) is 35.2 Å². The molecule has 1 unspecified atom stereocenters. The van der Waals surface area contributed by atoms with Crippen LogP contribution in [-0.2, 0) is 0 Å². The predicted octanol–water partition coefficient (Wildman–Crippen LogP) is 5.52. The molecule has 0 spiro atoms. The van der Waals surface area contributed by atoms with Gasteiger partial charge in [-0.25, -0.2) is 0 Å². The zero-order valence-electron chi connectivity index (χ0n) is 12.4. The molecule has 1 atom stereocenters. The third-order valence-electron chi connectivity index (χ3n) is 4.63. The number of rotatable bonds is 5. The number of thiophene rings is 1. The Labute approximate surface area is 126 Å². The number of fused-ring (bicyclic) bond motifs is 1. The Morgan fingerprint density at radius 1 is 1.20 bits per heavy atom. The predicted molar refractivity (Wildman–Crippen MR) is 89.4 cm³/mol. The van der Waals surface area contributed by atoms with E-state index in [1.165, 1.54) is 54.2 Å². The second kappa shape index (κ2) is 6.73. The lowest BCUT2D eigenvalue weighted by Crippen LogP contribution is -2.24. The van der Waals surface area contributed by atoms with Gasteiger partial charge in [-0.2, -0.15) is 0 Å². The quantitative estimate of drug-likeness (QED) is 0.763. The maximum Gasteiger partial charge on any atom is 0.0346 e. The van der Waals surface area contributed by atoms with Gasteiger partial charge in [0, 0.05) is 10.7 Å². The third-order valence-corrected chi connectivity index (χ3v) is 5.61. The van der Waals surface area contributed by atoms with Crippen LogP contribution in [0.4, 0.5) is 0 Å². The van der Waals surface area contributed by atoms with Gasteiger partial charge in [-0.05, 0) is 41.3 Å². The summed E-state index contributed by atoms with van der Waals surface area (Å²) in [7, 11) is 0. The van der Waals surface area contributed by atoms with Gasteiger partial charge in [0.1, 0.15) is 0 Å². The Balaban J connectivity index is 1.81. The molecule has 1 aliphatic rings. The van der Waals surface area contributed by atoms with Gasteiger partial charge in [0.25, 0.3) is 0 Å². The SMILES string of the molecule is CCNC(CC1CCCCC1)c1csc2ccccc12. The fraction of sp³-hybridized carbons (Fsp3) is 0.556. The third kappa shape index (κ3) is 3.07. The van der Waals surface area contributed by atoms with Gasteiger partial charge < -0.3 is 5.32 Å². The molecule has 2 aromatic rings. The standard InChI is InChI=1S/C18H25NS/c1-2-19-17(12-14-8-4-3-5-9-14)16-13-20-18-11-7-6-10-15(16)18/h6-7,10-11,13-14,17,19H,2-5,8-9,12H2,1H3. The van der Waals surface area contributed by atoms with E-state index >= 15 is 0 Å². The molecule has 1 nitrogen and oxygen atoms in total. The molecular weight excluding hydrogens is 262 g/mol. The summed E-state index contributed by atoms with van der Waals surface area (Å²) in [5.74, 6) is 0.923. The van der Waals surface area contributed by atoms with Crippen LogP contribution in [0, 0.1) is 5.92 Å². The molecule has 0 saturated heterocycles. The highest BCUT2D eigenvalue weighted by atomic mass is 32.1. The molecule has 0 radical (unpaired) electrons. The van der Waals surface area contributed by atoms with Gasteiger partial charge >= 0.3 is 0 Å². The van der Waals surface area contributed by atoms with Crippen molar-refractivity contribution >= 4 is 21.4 Å². The van der Waals surface area contributed by atoms with Crippen molar-refractivity contribution in [2.45, 2.75) is 51.5 Å². The number of nitrogens with one attached hydrogen (secondary N) is 1. The van der Waals surface area contributed by atoms with Crippen molar-refractivity contribution in [3.8, 4) is 0 Å². The Hall–Kier alpha value is -0.860. The summed E-state index contributed by atoms with van der Waals surface area (Å²) in [5, 5.41) is 7.56. The van der Waals surface area contributed by atoms with Crippen molar-refractivity contribution in [1.29, 1.82) is 0 Å². The summed E-state index contributed by atoms with van der Waals surface area (Å²) < 4.78 is 1.43. The van der Waals surface area contributed by atoms with E-state index in [2.05, 4.69) is 41.9 Å². The Kier molecular flexibility index (Phi) is 4.74. The molecule has 3 rings (SSSR count). The highest BCUT2D eigenvalue weighted by Crippen LogP contribution is 2.36. The maximum atomic E-state index is 3.73. The van der Waals surface area contributed by atoms with E-state index < -0.39 is 0 Å². The van der Waals surface area contributed by atoms with Crippen LogP contribution in [0.1, 0.15) is 57.1 Å². The molecule has 2 heteroatoms. The first-order chi connectivity index (χ1) is 9.88. The Morgan fingerprint density at radius 2 is 2.00 bits per heavy atom. The van der Waals surface area contributed by atoms with Crippen molar-refractivity contribution in [3.63, 3.8) is 0 Å². The van der Waals surface area contributed by atoms with Crippen molar-refractivity contribution in [2.75, 3.05) is 6.54 Å². The van der Waals surface area contributed by atoms with E-state index in [0.29, 0.717) is 6.04 Å². The van der Waals surface area contributed by atoms with Crippen LogP contribution >= 0.6 is 11.3 Å². The van der Waals surface area contributed by atoms with Gasteiger partial charge in [-0.15, -0.1) is 11.3 Å². The first kappa shape index (κ1) is 14.1. The van der Waals surface area contributed by atoms with E-state index in [0.717, 1.165) is 12.5 Å². The minimum Gasteiger partial charge on any atom is -0.310 e. The smallest absolute Gasteiger partial charge is 0.0346 e. The van der Waals surface area contributed by atoms with Crippen molar-refractivity contribution in [1.82, 2.24) is 5.32 Å². The van der Waals surface area contributed by atoms with Crippen LogP contribution in [0.5, 0.6) is 0 Å². The van der Waals surface area contributed by atoms with Crippen LogP contribution in [-0.4, -0.2) is 6.54 Å². The van der Waals surface area contributed by atoms with Crippen molar-refractivity contribution in [2.24, 2.45) is 5.92 Å². The maximum absolute atomic E-state index is 3.73. The second-order valence-electron chi connectivity index (χ2n) is 6.04. The molecule has 1 aromatic heterocycles. The summed E-state index contributed by atoms with van der Waals surface area (Å²) in [6.07, 6.45) is 8.51. The number of benzene rings is 1. The molecule has 1 heterocycles. The number of hydrogen-bond acceptors (Lipinski definition) is 2. The summed E-state index contributed by atoms with van der Waals surface area (Å²) in [4.78, 5) is 0. The molecule has 20 heavy (non-hydrogen) atoms. The van der Waals surface area contributed by atoms with Crippen LogP contribution in [0.15, 0.2) is 29.6 Å². The van der Waals surface area contributed by atoms with Gasteiger partial charge in [0.15, 0.2) is 0 Å². The average Bonchev–Trinajstić information content (AvgIpc) is 2.92. The normalized spacial score (nSPS) is 18.4. The largest absolute Gasteiger partial charge is 0.310 e. The molecule has 1 aliphatic carbocycles. The molecule has 1 aromatic carbocycles. The van der Waals surface area contributed by atoms with E-state index in [4.69, 9.17) is 0 Å². The monoisotopic (exact) mass is 287 g/mol. The molecule has 0 amide bonds. The van der Waals surface area contributed by atoms with E-state index in [-0.39, 0.29) is 0 Å². The molecule has 0 aliphatic heterocycles. The Morgan fingerprint density at radius 3 is 2.80 bits per heavy atom. The van der Waals surface area contributed by atoms with E-state index in [9.17, 15) is 0 Å². The summed E-state index contributed by atoms with van der Waals surface area (Å²) in [6.45, 7) is 3.28. The zero-order valence-corrected chi connectivity index (χ0v) is 13.2. The van der Waals surface area contributed by atoms with Crippen LogP contribution in [0.3, 0.4) is 0 Å². The van der Waals surface area contributed by atoms with Crippen LogP contribution < -0.4 is 5.32 Å². The first-order valence-corrected chi connectivity index (χ1v) is 8.96. The minimum absolute atomic E-state index is 0.541. The lowest BCUT2D eigenvalue weighted by molar-refractivity contribution is 0.302. The summed E-state index contributed by atoms with van der Waals surface area (Å²) >= 11 is 1.89. The van der Waals surface area contributed by atoms with Gasteiger partial charge in [0.2, 0.25) is 0 Å². The lowest BCUT2D eigenvalue weighted by Gasteiger charge is -2.27. The number of hydrogen-bond donors (Lipinski definition) is 1. The topological polar surface area (TPSA) is 12.0 Å². The van der Waals surface area contributed by atoms with Gasteiger partial charge in [-0.1, -0.05) is 57.2 Å². The molecule has 1 saturated carbocycles. The summed E-state index contributed by atoms with van der Waals surface area (Å²) in [5.41, 5.74) is 1.53. The van der Waals surface area contributed by atoms with Gasteiger partial charge in [0.05, 0.1) is 0 Å². The van der Waals surface area contributed by atoms with Crippen LogP contribution in [0.25, 0.3) is 10.1 Å². The van der Waals surface area contributed by atoms with Gasteiger partial charge in [-0.3, -0.25) is 0 Å². The minimum atomic E-state index is 0.541. The molecule has 1 fully saturated rings. The van der Waals surface area contributed by atoms with E-state index in [1.54, 1.807) is 0 Å². The average molecular weight is 287 g/mol. The van der Waals surface area contributed by atoms with Crippen LogP contribution in [0.2, 0.25) is 0 Å². The fourth-order valence-electron chi connectivity index (χ4n) is 3.59. The highest BCUT2D eigenvalue weighted by Gasteiger charge is 2.21. The fourth-order valence-corrected chi connectivity index (χ4v) is 4.61. The first-order valence-electron chi connectivity index (χ1n) is 8.08. The lowest BCUT2D eigenvalue weighted by atomic mass is 9.83.